The maximum absolute atomic E-state index is 13.5. The van der Waals surface area contributed by atoms with Crippen molar-refractivity contribution in [2.24, 2.45) is 5.92 Å². The van der Waals surface area contributed by atoms with Crippen molar-refractivity contribution in [1.82, 2.24) is 4.90 Å². The number of methoxy groups -OCH3 is 1. The van der Waals surface area contributed by atoms with Crippen LogP contribution in [0.5, 0.6) is 5.75 Å². The van der Waals surface area contributed by atoms with Crippen molar-refractivity contribution < 1.29 is 28.4 Å². The summed E-state index contributed by atoms with van der Waals surface area (Å²) in [5, 5.41) is 0. The Balaban J connectivity index is 2.00. The van der Waals surface area contributed by atoms with E-state index < -0.39 is 35.3 Å². The van der Waals surface area contributed by atoms with Gasteiger partial charge in [-0.25, -0.2) is 4.39 Å². The summed E-state index contributed by atoms with van der Waals surface area (Å²) in [5.41, 5.74) is 1.67. The lowest BCUT2D eigenvalue weighted by Crippen LogP contribution is -3.05. The van der Waals surface area contributed by atoms with Gasteiger partial charge >= 0.3 is 0 Å². The Hall–Kier alpha value is -3.06. The summed E-state index contributed by atoms with van der Waals surface area (Å²) in [6.45, 7) is 2.97. The topological polar surface area (TPSA) is 68.1 Å². The number of benzene rings is 2. The molecule has 2 atom stereocenters. The smallest absolute Gasteiger partial charge is 0.291 e. The quantitative estimate of drug-likeness (QED) is 0.395. The Morgan fingerprint density at radius 1 is 1.13 bits per heavy atom. The van der Waals surface area contributed by atoms with Crippen LogP contribution in [0.25, 0.3) is 0 Å². The van der Waals surface area contributed by atoms with Gasteiger partial charge in [0.15, 0.2) is 5.78 Å². The highest BCUT2D eigenvalue weighted by Gasteiger charge is 2.51. The van der Waals surface area contributed by atoms with E-state index in [9.17, 15) is 18.8 Å². The van der Waals surface area contributed by atoms with E-state index in [1.165, 1.54) is 34.1 Å². The predicted molar refractivity (Wildman–Crippen MR) is 114 cm³/mol. The number of hydrogen-bond acceptors (Lipinski definition) is 4. The van der Waals surface area contributed by atoms with Crippen molar-refractivity contribution >= 4 is 17.5 Å². The fourth-order valence-corrected chi connectivity index (χ4v) is 4.07. The van der Waals surface area contributed by atoms with Gasteiger partial charge in [-0.1, -0.05) is 12.1 Å². The Bertz CT molecular complexity index is 988. The van der Waals surface area contributed by atoms with Crippen LogP contribution in [-0.4, -0.2) is 56.7 Å². The summed E-state index contributed by atoms with van der Waals surface area (Å²) in [6, 6.07) is 9.82. The minimum Gasteiger partial charge on any atom is -0.496 e. The number of halogens is 1. The standard InChI is InChI=1S/C24H27FN2O4/c1-15-14-17(8-11-19(15)31-4)22(28)20-21(16-6-9-18(25)10-7-16)27(24(30)23(20)29)13-5-12-26(2)3/h6-11,14,20-21H,5,12-13H2,1-4H3/p+1. The van der Waals surface area contributed by atoms with E-state index in [1.807, 2.05) is 21.0 Å². The number of ether oxygens (including phenoxy) is 1. The lowest BCUT2D eigenvalue weighted by atomic mass is 9.86. The predicted octanol–water partition coefficient (Wildman–Crippen LogP) is 1.63. The fraction of sp³-hybridized carbons (Fsp3) is 0.375. The number of ketones is 2. The first-order valence-corrected chi connectivity index (χ1v) is 10.3. The molecule has 0 saturated carbocycles. The van der Waals surface area contributed by atoms with Crippen molar-refractivity contribution in [2.45, 2.75) is 19.4 Å². The van der Waals surface area contributed by atoms with E-state index in [-0.39, 0.29) is 0 Å². The van der Waals surface area contributed by atoms with E-state index in [0.717, 1.165) is 12.1 Å². The molecule has 2 aromatic carbocycles. The third-order valence-corrected chi connectivity index (χ3v) is 5.65. The summed E-state index contributed by atoms with van der Waals surface area (Å²) in [4.78, 5) is 41.9. The van der Waals surface area contributed by atoms with Crippen molar-refractivity contribution in [3.63, 3.8) is 0 Å². The molecule has 1 fully saturated rings. The van der Waals surface area contributed by atoms with Crippen LogP contribution in [0.4, 0.5) is 4.39 Å². The first-order chi connectivity index (χ1) is 14.7. The maximum Gasteiger partial charge on any atom is 0.291 e. The Morgan fingerprint density at radius 3 is 2.39 bits per heavy atom. The lowest BCUT2D eigenvalue weighted by molar-refractivity contribution is -0.858. The van der Waals surface area contributed by atoms with Crippen LogP contribution in [0.1, 0.15) is 33.9 Å². The number of nitrogens with zero attached hydrogens (tertiary/aromatic N) is 1. The van der Waals surface area contributed by atoms with Crippen LogP contribution in [-0.2, 0) is 9.59 Å². The number of amides is 1. The highest BCUT2D eigenvalue weighted by molar-refractivity contribution is 6.44. The molecule has 2 aromatic rings. The molecule has 2 unspecified atom stereocenters. The van der Waals surface area contributed by atoms with Crippen molar-refractivity contribution in [1.29, 1.82) is 0 Å². The largest absolute Gasteiger partial charge is 0.496 e. The highest BCUT2D eigenvalue weighted by Crippen LogP contribution is 2.38. The van der Waals surface area contributed by atoms with Gasteiger partial charge in [-0.2, -0.15) is 0 Å². The second-order valence-electron chi connectivity index (χ2n) is 8.20. The van der Waals surface area contributed by atoms with E-state index in [1.54, 1.807) is 25.3 Å². The molecule has 0 bridgehead atoms. The normalized spacial score (nSPS) is 18.7. The van der Waals surface area contributed by atoms with E-state index >= 15 is 0 Å². The molecule has 0 radical (unpaired) electrons. The molecule has 1 N–H and O–H groups in total. The number of carbonyl (C=O) groups excluding carboxylic acids is 3. The number of rotatable bonds is 8. The molecule has 7 heteroatoms. The first-order valence-electron chi connectivity index (χ1n) is 10.3. The first kappa shape index (κ1) is 22.6. The van der Waals surface area contributed by atoms with Gasteiger partial charge in [-0.15, -0.1) is 0 Å². The third kappa shape index (κ3) is 4.66. The number of hydrogen-bond donors (Lipinski definition) is 1. The van der Waals surface area contributed by atoms with Crippen molar-refractivity contribution in [3.05, 3.63) is 65.0 Å². The molecular formula is C24H28FN2O4+. The number of carbonyl (C=O) groups is 3. The van der Waals surface area contributed by atoms with Gasteiger partial charge in [0, 0.05) is 18.5 Å². The average molecular weight is 427 g/mol. The molecule has 1 amide bonds. The summed E-state index contributed by atoms with van der Waals surface area (Å²) in [5.74, 6) is -2.75. The Labute approximate surface area is 181 Å². The third-order valence-electron chi connectivity index (χ3n) is 5.65. The molecule has 0 aromatic heterocycles. The molecule has 1 aliphatic rings. The second-order valence-corrected chi connectivity index (χ2v) is 8.20. The van der Waals surface area contributed by atoms with Gasteiger partial charge in [-0.3, -0.25) is 14.4 Å². The molecule has 6 nitrogen and oxygen atoms in total. The fourth-order valence-electron chi connectivity index (χ4n) is 4.07. The van der Waals surface area contributed by atoms with Crippen LogP contribution in [0.15, 0.2) is 42.5 Å². The Kier molecular flexibility index (Phi) is 6.85. The van der Waals surface area contributed by atoms with Crippen molar-refractivity contribution in [3.8, 4) is 5.75 Å². The number of aryl methyl sites for hydroxylation is 1. The molecule has 1 heterocycles. The van der Waals surface area contributed by atoms with E-state index in [4.69, 9.17) is 4.74 Å². The number of Topliss-reactive ketones (excluding diaryl/α,β-unsaturated/α-hetero) is 2. The lowest BCUT2D eigenvalue weighted by Gasteiger charge is -2.27. The Morgan fingerprint density at radius 2 is 1.81 bits per heavy atom. The molecule has 164 valence electrons. The van der Waals surface area contributed by atoms with Gasteiger partial charge in [0.25, 0.3) is 5.91 Å². The van der Waals surface area contributed by atoms with Gasteiger partial charge < -0.3 is 14.5 Å². The van der Waals surface area contributed by atoms with Gasteiger partial charge in [-0.05, 0) is 48.4 Å². The summed E-state index contributed by atoms with van der Waals surface area (Å²) in [6.07, 6.45) is 0.682. The zero-order chi connectivity index (χ0) is 22.7. The van der Waals surface area contributed by atoms with Crippen molar-refractivity contribution in [2.75, 3.05) is 34.3 Å². The number of quaternary nitrogens is 1. The SMILES string of the molecule is COc1ccc(C(=O)C2C(=O)C(=O)N(CCC[NH+](C)C)C2c2ccc(F)cc2)cc1C. The zero-order valence-electron chi connectivity index (χ0n) is 18.3. The minimum atomic E-state index is -1.17. The van der Waals surface area contributed by atoms with Crippen LogP contribution < -0.4 is 9.64 Å². The molecular weight excluding hydrogens is 399 g/mol. The number of nitrogens with one attached hydrogen (secondary N) is 1. The molecule has 3 rings (SSSR count). The molecule has 31 heavy (non-hydrogen) atoms. The molecule has 1 aliphatic heterocycles. The molecule has 0 aliphatic carbocycles. The van der Waals surface area contributed by atoms with Gasteiger partial charge in [0.2, 0.25) is 5.78 Å². The second kappa shape index (κ2) is 9.39. The monoisotopic (exact) mass is 427 g/mol. The van der Waals surface area contributed by atoms with Crippen LogP contribution >= 0.6 is 0 Å². The van der Waals surface area contributed by atoms with E-state index in [2.05, 4.69) is 0 Å². The average Bonchev–Trinajstić information content (AvgIpc) is 2.98. The minimum absolute atomic E-state index is 0.344. The summed E-state index contributed by atoms with van der Waals surface area (Å²) >= 11 is 0. The van der Waals surface area contributed by atoms with E-state index in [0.29, 0.717) is 29.8 Å². The zero-order valence-corrected chi connectivity index (χ0v) is 18.3. The molecule has 0 spiro atoms. The maximum atomic E-state index is 13.5. The number of likely N-dealkylation sites (tertiary alicyclic amines) is 1. The molecule has 1 saturated heterocycles. The summed E-state index contributed by atoms with van der Waals surface area (Å²) in [7, 11) is 5.56. The van der Waals surface area contributed by atoms with Gasteiger partial charge in [0.1, 0.15) is 17.5 Å². The van der Waals surface area contributed by atoms with Crippen LogP contribution in [0, 0.1) is 18.7 Å². The van der Waals surface area contributed by atoms with Crippen LogP contribution in [0.3, 0.4) is 0 Å². The summed E-state index contributed by atoms with van der Waals surface area (Å²) < 4.78 is 18.8. The highest BCUT2D eigenvalue weighted by atomic mass is 19.1. The van der Waals surface area contributed by atoms with Crippen LogP contribution in [0.2, 0.25) is 0 Å². The van der Waals surface area contributed by atoms with Gasteiger partial charge in [0.05, 0.1) is 33.8 Å².